The van der Waals surface area contributed by atoms with E-state index in [1.807, 2.05) is 0 Å². The molecule has 0 amide bonds. The van der Waals surface area contributed by atoms with Crippen molar-refractivity contribution in [1.29, 1.82) is 0 Å². The Morgan fingerprint density at radius 1 is 1.18 bits per heavy atom. The first kappa shape index (κ1) is 8.58. The smallest absolute Gasteiger partial charge is 0.00170 e. The normalized spacial score (nSPS) is 23.4. The summed E-state index contributed by atoms with van der Waals surface area (Å²) in [7, 11) is 0. The molecule has 0 aromatic carbocycles. The van der Waals surface area contributed by atoms with E-state index >= 15 is 0 Å². The number of hydrogen-bond donors (Lipinski definition) is 0. The maximum Gasteiger partial charge on any atom is -0.00170 e. The fraction of sp³-hybridized carbons (Fsp3) is 0.636. The predicted molar refractivity (Wildman–Crippen MR) is 50.5 cm³/mol. The summed E-state index contributed by atoms with van der Waals surface area (Å²) in [6.07, 6.45) is 8.49. The molecule has 1 unspecified atom stereocenters. The van der Waals surface area contributed by atoms with Crippen LogP contribution in [0.2, 0.25) is 0 Å². The molecule has 62 valence electrons. The summed E-state index contributed by atoms with van der Waals surface area (Å²) in [6, 6.07) is 0. The second-order valence-corrected chi connectivity index (χ2v) is 3.18. The summed E-state index contributed by atoms with van der Waals surface area (Å²) in [5.41, 5.74) is 3.16. The first-order valence-electron chi connectivity index (χ1n) is 4.72. The molecule has 1 aliphatic carbocycles. The molecule has 0 saturated heterocycles. The third-order valence-electron chi connectivity index (χ3n) is 2.52. The van der Waals surface area contributed by atoms with E-state index in [0.29, 0.717) is 0 Å². The minimum atomic E-state index is 0.759. The fourth-order valence-corrected chi connectivity index (χ4v) is 1.72. The topological polar surface area (TPSA) is 0 Å². The molecule has 0 nitrogen and oxygen atoms in total. The molecule has 0 aliphatic heterocycles. The van der Waals surface area contributed by atoms with E-state index in [2.05, 4.69) is 32.9 Å². The molecular weight excluding hydrogens is 132 g/mol. The van der Waals surface area contributed by atoms with Crippen molar-refractivity contribution < 1.29 is 0 Å². The van der Waals surface area contributed by atoms with Gasteiger partial charge in [-0.3, -0.25) is 0 Å². The zero-order valence-electron chi connectivity index (χ0n) is 7.85. The highest BCUT2D eigenvalue weighted by Gasteiger charge is 2.13. The number of hydrogen-bond acceptors (Lipinski definition) is 0. The molecule has 0 aromatic heterocycles. The average Bonchev–Trinajstić information content (AvgIpc) is 2.46. The Morgan fingerprint density at radius 2 is 1.91 bits per heavy atom. The van der Waals surface area contributed by atoms with Crippen molar-refractivity contribution in [3.8, 4) is 0 Å². The van der Waals surface area contributed by atoms with Gasteiger partial charge in [-0.15, -0.1) is 0 Å². The summed E-state index contributed by atoms with van der Waals surface area (Å²) in [4.78, 5) is 0. The van der Waals surface area contributed by atoms with Crippen LogP contribution in [-0.2, 0) is 0 Å². The van der Waals surface area contributed by atoms with Gasteiger partial charge in [0.1, 0.15) is 0 Å². The predicted octanol–water partition coefficient (Wildman–Crippen LogP) is 3.70. The highest BCUT2D eigenvalue weighted by Crippen LogP contribution is 2.29. The minimum Gasteiger partial charge on any atom is -0.0741 e. The van der Waals surface area contributed by atoms with Crippen molar-refractivity contribution in [3.63, 3.8) is 0 Å². The van der Waals surface area contributed by atoms with Crippen LogP contribution in [0.4, 0.5) is 0 Å². The molecule has 0 spiro atoms. The van der Waals surface area contributed by atoms with Crippen LogP contribution < -0.4 is 0 Å². The lowest BCUT2D eigenvalue weighted by molar-refractivity contribution is 0.710. The van der Waals surface area contributed by atoms with Crippen LogP contribution in [0.5, 0.6) is 0 Å². The highest BCUT2D eigenvalue weighted by molar-refractivity contribution is 5.35. The van der Waals surface area contributed by atoms with Crippen LogP contribution >= 0.6 is 0 Å². The van der Waals surface area contributed by atoms with Gasteiger partial charge in [0.05, 0.1) is 0 Å². The van der Waals surface area contributed by atoms with Crippen LogP contribution in [-0.4, -0.2) is 0 Å². The van der Waals surface area contributed by atoms with E-state index in [1.54, 1.807) is 5.57 Å². The second kappa shape index (κ2) is 3.75. The molecule has 0 radical (unpaired) electrons. The largest absolute Gasteiger partial charge is 0.0741 e. The van der Waals surface area contributed by atoms with Gasteiger partial charge in [-0.05, 0) is 25.2 Å². The van der Waals surface area contributed by atoms with Crippen molar-refractivity contribution in [2.75, 3.05) is 0 Å². The average molecular weight is 150 g/mol. The molecule has 0 saturated carbocycles. The lowest BCUT2D eigenvalue weighted by Crippen LogP contribution is -1.93. The van der Waals surface area contributed by atoms with Gasteiger partial charge in [0.2, 0.25) is 0 Å². The highest BCUT2D eigenvalue weighted by atomic mass is 14.2. The van der Waals surface area contributed by atoms with Gasteiger partial charge >= 0.3 is 0 Å². The van der Waals surface area contributed by atoms with Crippen molar-refractivity contribution >= 4 is 0 Å². The molecule has 0 fully saturated rings. The molecule has 0 heterocycles. The summed E-state index contributed by atoms with van der Waals surface area (Å²) in [5.74, 6) is 0.759. The second-order valence-electron chi connectivity index (χ2n) is 3.18. The third kappa shape index (κ3) is 1.74. The van der Waals surface area contributed by atoms with Crippen molar-refractivity contribution in [1.82, 2.24) is 0 Å². The Labute approximate surface area is 70.0 Å². The molecule has 0 heteroatoms. The van der Waals surface area contributed by atoms with E-state index in [-0.39, 0.29) is 0 Å². The quantitative estimate of drug-likeness (QED) is 0.575. The zero-order valence-corrected chi connectivity index (χ0v) is 7.85. The first-order chi connectivity index (χ1) is 5.31. The summed E-state index contributed by atoms with van der Waals surface area (Å²) in [5, 5.41) is 0. The van der Waals surface area contributed by atoms with Gasteiger partial charge in [-0.2, -0.15) is 0 Å². The van der Waals surface area contributed by atoms with Crippen LogP contribution in [0.15, 0.2) is 23.3 Å². The molecule has 1 rings (SSSR count). The Bertz CT molecular complexity index is 184. The fourth-order valence-electron chi connectivity index (χ4n) is 1.72. The molecule has 0 bridgehead atoms. The molecule has 1 aliphatic rings. The monoisotopic (exact) mass is 150 g/mol. The van der Waals surface area contributed by atoms with Crippen molar-refractivity contribution in [3.05, 3.63) is 23.3 Å². The van der Waals surface area contributed by atoms with E-state index < -0.39 is 0 Å². The summed E-state index contributed by atoms with van der Waals surface area (Å²) < 4.78 is 0. The summed E-state index contributed by atoms with van der Waals surface area (Å²) >= 11 is 0. The lowest BCUT2D eigenvalue weighted by atomic mass is 9.98. The third-order valence-corrected chi connectivity index (χ3v) is 2.52. The van der Waals surface area contributed by atoms with E-state index in [4.69, 9.17) is 0 Å². The maximum absolute atomic E-state index is 2.43. The van der Waals surface area contributed by atoms with Gasteiger partial charge in [-0.25, -0.2) is 0 Å². The Kier molecular flexibility index (Phi) is 2.92. The number of rotatable bonds is 3. The van der Waals surface area contributed by atoms with Gasteiger partial charge in [0.15, 0.2) is 0 Å². The standard InChI is InChI=1S/C11H18/c1-4-9-7-10(5-2)11(6-3)8-9/h7-8,10H,4-6H2,1-3H3. The minimum absolute atomic E-state index is 0.759. The Hall–Kier alpha value is -0.520. The van der Waals surface area contributed by atoms with Gasteiger partial charge in [-0.1, -0.05) is 44.1 Å². The van der Waals surface area contributed by atoms with E-state index in [1.165, 1.54) is 24.8 Å². The first-order valence-corrected chi connectivity index (χ1v) is 4.72. The molecule has 0 N–H and O–H groups in total. The van der Waals surface area contributed by atoms with Gasteiger partial charge < -0.3 is 0 Å². The van der Waals surface area contributed by atoms with Crippen LogP contribution in [0.3, 0.4) is 0 Å². The molecule has 0 aromatic rings. The van der Waals surface area contributed by atoms with Gasteiger partial charge in [0, 0.05) is 0 Å². The SMILES string of the molecule is CCC1=CC(CC)C(CC)=C1. The van der Waals surface area contributed by atoms with Crippen LogP contribution in [0, 0.1) is 5.92 Å². The Balaban J connectivity index is 2.69. The van der Waals surface area contributed by atoms with Gasteiger partial charge in [0.25, 0.3) is 0 Å². The molecule has 11 heavy (non-hydrogen) atoms. The Morgan fingerprint density at radius 3 is 2.27 bits per heavy atom. The van der Waals surface area contributed by atoms with E-state index in [0.717, 1.165) is 5.92 Å². The zero-order chi connectivity index (χ0) is 8.27. The number of allylic oxidation sites excluding steroid dienone is 4. The van der Waals surface area contributed by atoms with Crippen LogP contribution in [0.25, 0.3) is 0 Å². The van der Waals surface area contributed by atoms with Crippen LogP contribution in [0.1, 0.15) is 40.0 Å². The molecular formula is C11H18. The lowest BCUT2D eigenvalue weighted by Gasteiger charge is -2.07. The van der Waals surface area contributed by atoms with Crippen molar-refractivity contribution in [2.24, 2.45) is 5.92 Å². The van der Waals surface area contributed by atoms with E-state index in [9.17, 15) is 0 Å². The summed E-state index contributed by atoms with van der Waals surface area (Å²) in [6.45, 7) is 6.75. The molecule has 1 atom stereocenters. The maximum atomic E-state index is 2.43. The van der Waals surface area contributed by atoms with Crippen molar-refractivity contribution in [2.45, 2.75) is 40.0 Å².